The Labute approximate surface area is 191 Å². The average molecular weight is 461 g/mol. The van der Waals surface area contributed by atoms with Crippen LogP contribution in [0, 0.1) is 0 Å². The highest BCUT2D eigenvalue weighted by atomic mass is 32.2. The third kappa shape index (κ3) is 5.36. The quantitative estimate of drug-likeness (QED) is 0.251. The normalized spacial score (nSPS) is 11.4. The van der Waals surface area contributed by atoms with Crippen LogP contribution in [0.2, 0.25) is 0 Å². The van der Waals surface area contributed by atoms with Crippen molar-refractivity contribution in [3.63, 3.8) is 0 Å². The second-order valence-corrected chi connectivity index (χ2v) is 8.59. The summed E-state index contributed by atoms with van der Waals surface area (Å²) in [7, 11) is -2.47. The molecule has 0 fully saturated rings. The number of hydrogen-bond acceptors (Lipinski definition) is 6. The van der Waals surface area contributed by atoms with Gasteiger partial charge in [-0.05, 0) is 77.0 Å². The zero-order valence-electron chi connectivity index (χ0n) is 17.6. The van der Waals surface area contributed by atoms with Crippen molar-refractivity contribution in [3.05, 3.63) is 102 Å². The summed E-state index contributed by atoms with van der Waals surface area (Å²) in [6.07, 6.45) is 1.46. The third-order valence-corrected chi connectivity index (χ3v) is 6.09. The first-order valence-electron chi connectivity index (χ1n) is 9.95. The molecule has 4 rings (SSSR count). The van der Waals surface area contributed by atoms with E-state index in [1.165, 1.54) is 37.6 Å². The lowest BCUT2D eigenvalue weighted by Gasteiger charge is -2.08. The molecule has 0 aliphatic heterocycles. The van der Waals surface area contributed by atoms with Gasteiger partial charge in [0.2, 0.25) is 0 Å². The number of hydrazone groups is 1. The summed E-state index contributed by atoms with van der Waals surface area (Å²) in [4.78, 5) is 12.4. The standard InChI is InChI=1S/C25H20N2O5S/c1-31-22-12-14-24(15-13-22)33(29,30)32-23-10-6-18(7-11-23)17-26-27-25(28)21-9-8-19-4-2-3-5-20(19)16-21/h2-17H,1H3,(H,27,28)/b26-17-. The van der Waals surface area contributed by atoms with Crippen LogP contribution in [0.3, 0.4) is 0 Å². The summed E-state index contributed by atoms with van der Waals surface area (Å²) in [5.41, 5.74) is 3.64. The molecule has 8 heteroatoms. The van der Waals surface area contributed by atoms with Crippen LogP contribution in [-0.4, -0.2) is 27.6 Å². The number of rotatable bonds is 7. The Balaban J connectivity index is 1.37. The number of carbonyl (C=O) groups excluding carboxylic acids is 1. The fourth-order valence-corrected chi connectivity index (χ4v) is 4.02. The van der Waals surface area contributed by atoms with E-state index in [4.69, 9.17) is 8.92 Å². The van der Waals surface area contributed by atoms with E-state index in [1.807, 2.05) is 30.3 Å². The molecular formula is C25H20N2O5S. The van der Waals surface area contributed by atoms with Gasteiger partial charge in [0.05, 0.1) is 13.3 Å². The minimum absolute atomic E-state index is 0.0188. The molecule has 0 radical (unpaired) electrons. The monoisotopic (exact) mass is 460 g/mol. The smallest absolute Gasteiger partial charge is 0.339 e. The van der Waals surface area contributed by atoms with Crippen LogP contribution >= 0.6 is 0 Å². The largest absolute Gasteiger partial charge is 0.497 e. The number of methoxy groups -OCH3 is 1. The fraction of sp³-hybridized carbons (Fsp3) is 0.0400. The molecule has 1 N–H and O–H groups in total. The number of benzene rings is 4. The Morgan fingerprint density at radius 1 is 0.848 bits per heavy atom. The highest BCUT2D eigenvalue weighted by Gasteiger charge is 2.16. The third-order valence-electron chi connectivity index (χ3n) is 4.83. The van der Waals surface area contributed by atoms with Crippen molar-refractivity contribution in [2.45, 2.75) is 4.90 Å². The molecule has 0 unspecified atom stereocenters. The van der Waals surface area contributed by atoms with Gasteiger partial charge in [0.25, 0.3) is 5.91 Å². The average Bonchev–Trinajstić information content (AvgIpc) is 2.84. The van der Waals surface area contributed by atoms with Gasteiger partial charge in [-0.25, -0.2) is 5.43 Å². The molecule has 33 heavy (non-hydrogen) atoms. The molecule has 0 aromatic heterocycles. The molecule has 166 valence electrons. The van der Waals surface area contributed by atoms with Gasteiger partial charge in [-0.15, -0.1) is 0 Å². The Morgan fingerprint density at radius 3 is 2.21 bits per heavy atom. The van der Waals surface area contributed by atoms with E-state index < -0.39 is 10.1 Å². The number of carbonyl (C=O) groups is 1. The molecule has 7 nitrogen and oxygen atoms in total. The predicted octanol–water partition coefficient (Wildman–Crippen LogP) is 4.38. The van der Waals surface area contributed by atoms with Gasteiger partial charge in [0.15, 0.2) is 0 Å². The molecule has 0 saturated heterocycles. The molecule has 0 saturated carbocycles. The van der Waals surface area contributed by atoms with E-state index in [-0.39, 0.29) is 16.6 Å². The van der Waals surface area contributed by atoms with Crippen LogP contribution in [0.4, 0.5) is 0 Å². The highest BCUT2D eigenvalue weighted by molar-refractivity contribution is 7.87. The summed E-state index contributed by atoms with van der Waals surface area (Å²) in [5, 5.41) is 5.99. The predicted molar refractivity (Wildman–Crippen MR) is 126 cm³/mol. The minimum atomic E-state index is -3.97. The van der Waals surface area contributed by atoms with E-state index in [1.54, 1.807) is 36.4 Å². The molecular weight excluding hydrogens is 440 g/mol. The van der Waals surface area contributed by atoms with Crippen molar-refractivity contribution in [2.75, 3.05) is 7.11 Å². The van der Waals surface area contributed by atoms with Gasteiger partial charge in [-0.2, -0.15) is 13.5 Å². The lowest BCUT2D eigenvalue weighted by atomic mass is 10.1. The van der Waals surface area contributed by atoms with E-state index in [0.717, 1.165) is 10.8 Å². The Bertz CT molecular complexity index is 1410. The second kappa shape index (κ2) is 9.54. The summed E-state index contributed by atoms with van der Waals surface area (Å²) < 4.78 is 35.0. The number of ether oxygens (including phenoxy) is 1. The lowest BCUT2D eigenvalue weighted by molar-refractivity contribution is 0.0955. The van der Waals surface area contributed by atoms with Crippen LogP contribution in [-0.2, 0) is 10.1 Å². The summed E-state index contributed by atoms with van der Waals surface area (Å²) in [6.45, 7) is 0. The Kier molecular flexibility index (Phi) is 6.37. The minimum Gasteiger partial charge on any atom is -0.497 e. The number of nitrogens with one attached hydrogen (secondary N) is 1. The maximum atomic E-state index is 12.4. The van der Waals surface area contributed by atoms with Gasteiger partial charge >= 0.3 is 10.1 Å². The highest BCUT2D eigenvalue weighted by Crippen LogP contribution is 2.21. The van der Waals surface area contributed by atoms with Crippen LogP contribution in [0.15, 0.2) is 101 Å². The van der Waals surface area contributed by atoms with Crippen molar-refractivity contribution in [1.29, 1.82) is 0 Å². The van der Waals surface area contributed by atoms with Crippen LogP contribution in [0.1, 0.15) is 15.9 Å². The number of hydrogen-bond donors (Lipinski definition) is 1. The van der Waals surface area contributed by atoms with Crippen molar-refractivity contribution < 1.29 is 22.1 Å². The van der Waals surface area contributed by atoms with Crippen LogP contribution in [0.5, 0.6) is 11.5 Å². The lowest BCUT2D eigenvalue weighted by Crippen LogP contribution is -2.17. The molecule has 4 aromatic carbocycles. The Hall–Kier alpha value is -4.17. The fourth-order valence-electron chi connectivity index (χ4n) is 3.09. The molecule has 1 amide bonds. The maximum absolute atomic E-state index is 12.4. The molecule has 4 aromatic rings. The first-order chi connectivity index (χ1) is 15.9. The summed E-state index contributed by atoms with van der Waals surface area (Å²) in [6, 6.07) is 25.4. The van der Waals surface area contributed by atoms with Crippen molar-refractivity contribution in [1.82, 2.24) is 5.43 Å². The molecule has 0 spiro atoms. The van der Waals surface area contributed by atoms with Crippen LogP contribution in [0.25, 0.3) is 10.8 Å². The van der Waals surface area contributed by atoms with Gasteiger partial charge in [0, 0.05) is 5.56 Å². The van der Waals surface area contributed by atoms with Gasteiger partial charge in [-0.1, -0.05) is 30.3 Å². The van der Waals surface area contributed by atoms with Gasteiger partial charge < -0.3 is 8.92 Å². The van der Waals surface area contributed by atoms with Crippen molar-refractivity contribution in [2.24, 2.45) is 5.10 Å². The molecule has 0 heterocycles. The second-order valence-electron chi connectivity index (χ2n) is 7.04. The zero-order valence-corrected chi connectivity index (χ0v) is 18.5. The topological polar surface area (TPSA) is 94.1 Å². The summed E-state index contributed by atoms with van der Waals surface area (Å²) >= 11 is 0. The van der Waals surface area contributed by atoms with Gasteiger partial charge in [-0.3, -0.25) is 4.79 Å². The van der Waals surface area contributed by atoms with E-state index >= 15 is 0 Å². The number of fused-ring (bicyclic) bond motifs is 1. The van der Waals surface area contributed by atoms with Crippen molar-refractivity contribution in [3.8, 4) is 11.5 Å². The van der Waals surface area contributed by atoms with E-state index in [0.29, 0.717) is 16.9 Å². The van der Waals surface area contributed by atoms with E-state index in [2.05, 4.69) is 10.5 Å². The molecule has 0 atom stereocenters. The van der Waals surface area contributed by atoms with E-state index in [9.17, 15) is 13.2 Å². The van der Waals surface area contributed by atoms with Gasteiger partial charge in [0.1, 0.15) is 16.4 Å². The van der Waals surface area contributed by atoms with Crippen LogP contribution < -0.4 is 14.3 Å². The number of amides is 1. The maximum Gasteiger partial charge on any atom is 0.339 e. The first-order valence-corrected chi connectivity index (χ1v) is 11.4. The molecule has 0 aliphatic carbocycles. The first kappa shape index (κ1) is 22.0. The summed E-state index contributed by atoms with van der Waals surface area (Å²) in [5.74, 6) is 0.371. The zero-order chi connectivity index (χ0) is 23.3. The number of nitrogens with zero attached hydrogens (tertiary/aromatic N) is 1. The Morgan fingerprint density at radius 2 is 1.52 bits per heavy atom. The SMILES string of the molecule is COc1ccc(S(=O)(=O)Oc2ccc(/C=N\NC(=O)c3ccc4ccccc4c3)cc2)cc1. The molecule has 0 bridgehead atoms. The molecule has 0 aliphatic rings. The van der Waals surface area contributed by atoms with Crippen molar-refractivity contribution >= 4 is 33.0 Å².